The van der Waals surface area contributed by atoms with Crippen LogP contribution in [0, 0.1) is 23.7 Å². The van der Waals surface area contributed by atoms with E-state index in [-0.39, 0.29) is 31.3 Å². The van der Waals surface area contributed by atoms with E-state index in [4.69, 9.17) is 37.9 Å². The minimum Gasteiger partial charge on any atom is -0.462 e. The van der Waals surface area contributed by atoms with Gasteiger partial charge in [-0.15, -0.1) is 5.10 Å². The molecule has 2 bridgehead atoms. The predicted molar refractivity (Wildman–Crippen MR) is 217 cm³/mol. The molecule has 2 N–H and O–H groups in total. The number of esters is 2. The van der Waals surface area contributed by atoms with Crippen LogP contribution in [0.1, 0.15) is 93.4 Å². The zero-order valence-corrected chi connectivity index (χ0v) is 36.3. The first-order valence-electron chi connectivity index (χ1n) is 21.8. The molecule has 15 heteroatoms. The number of methoxy groups -OCH3 is 1. The predicted octanol–water partition coefficient (Wildman–Crippen LogP) is 4.91. The fourth-order valence-electron chi connectivity index (χ4n) is 10.1. The Labute approximate surface area is 353 Å². The monoisotopic (exact) mass is 839 g/mol. The Balaban J connectivity index is 1.19. The molecule has 6 heterocycles. The molecule has 7 rings (SSSR count). The van der Waals surface area contributed by atoms with Gasteiger partial charge in [-0.1, -0.05) is 69.7 Å². The third kappa shape index (κ3) is 9.24. The number of hydrogen-bond acceptors (Lipinski definition) is 14. The van der Waals surface area contributed by atoms with Gasteiger partial charge in [-0.05, 0) is 62.2 Å². The molecule has 1 aromatic heterocycles. The molecule has 0 aromatic carbocycles. The lowest BCUT2D eigenvalue weighted by Crippen LogP contribution is -2.58. The number of ether oxygens (including phenoxy) is 8. The molecule has 1 spiro atoms. The van der Waals surface area contributed by atoms with Gasteiger partial charge in [0.1, 0.15) is 42.5 Å². The molecular weight excluding hydrogens is 775 g/mol. The first-order valence-corrected chi connectivity index (χ1v) is 21.8. The minimum absolute atomic E-state index is 0.0137. The first-order chi connectivity index (χ1) is 28.6. The van der Waals surface area contributed by atoms with E-state index in [0.717, 1.165) is 18.4 Å². The van der Waals surface area contributed by atoms with Crippen molar-refractivity contribution < 1.29 is 57.7 Å². The molecule has 4 fully saturated rings. The van der Waals surface area contributed by atoms with Crippen molar-refractivity contribution in [1.29, 1.82) is 0 Å². The second-order valence-electron chi connectivity index (χ2n) is 18.0. The Hall–Kier alpha value is -3.28. The van der Waals surface area contributed by atoms with Crippen molar-refractivity contribution in [1.82, 2.24) is 15.0 Å². The van der Waals surface area contributed by atoms with Gasteiger partial charge in [-0.2, -0.15) is 0 Å². The van der Waals surface area contributed by atoms with E-state index in [1.165, 1.54) is 10.9 Å². The highest BCUT2D eigenvalue weighted by Gasteiger charge is 2.60. The van der Waals surface area contributed by atoms with E-state index >= 15 is 0 Å². The fourth-order valence-corrected chi connectivity index (χ4v) is 10.1. The molecule has 0 saturated carbocycles. The fraction of sp³-hybridized carbons (Fsp3) is 0.733. The van der Waals surface area contributed by atoms with E-state index in [0.29, 0.717) is 55.1 Å². The van der Waals surface area contributed by atoms with Crippen LogP contribution in [0.25, 0.3) is 0 Å². The van der Waals surface area contributed by atoms with Crippen molar-refractivity contribution in [3.8, 4) is 0 Å². The lowest BCUT2D eigenvalue weighted by atomic mass is 9.71. The van der Waals surface area contributed by atoms with Crippen LogP contribution in [0.4, 0.5) is 0 Å². The van der Waals surface area contributed by atoms with E-state index in [1.807, 2.05) is 32.9 Å². The van der Waals surface area contributed by atoms with Crippen LogP contribution >= 0.6 is 0 Å². The molecule has 5 aliphatic heterocycles. The zero-order valence-electron chi connectivity index (χ0n) is 36.3. The average molecular weight is 840 g/mol. The summed E-state index contributed by atoms with van der Waals surface area (Å²) in [5.41, 5.74) is 0.131. The number of rotatable bonds is 8. The lowest BCUT2D eigenvalue weighted by Gasteiger charge is -2.51. The van der Waals surface area contributed by atoms with Gasteiger partial charge in [0, 0.05) is 44.9 Å². The maximum absolute atomic E-state index is 14.3. The summed E-state index contributed by atoms with van der Waals surface area (Å²) >= 11 is 0. The van der Waals surface area contributed by atoms with Crippen LogP contribution in [0.2, 0.25) is 0 Å². The molecule has 16 atom stereocenters. The van der Waals surface area contributed by atoms with Gasteiger partial charge in [0.2, 0.25) is 0 Å². The summed E-state index contributed by atoms with van der Waals surface area (Å²) in [4.78, 5) is 27.2. The number of aliphatic hydroxyl groups is 2. The Kier molecular flexibility index (Phi) is 13.9. The van der Waals surface area contributed by atoms with Gasteiger partial charge in [0.25, 0.3) is 0 Å². The number of carbonyl (C=O) groups excluding carboxylic acids is 2. The van der Waals surface area contributed by atoms with Gasteiger partial charge in [-0.3, -0.25) is 9.59 Å². The van der Waals surface area contributed by atoms with E-state index in [2.05, 4.69) is 37.2 Å². The SMILES string of the molecule is CCC(C)[C@H]1OC2(CC[C@@H]1C)C[C@@H]1C[C@@H](C/C=C(\C)[C@@H](OC3C[C@H](OC)[C@@H](OC(=O)Cn4ccnn4)[C@H](C)O3)[C@@H](C)/C=C/C=C3\CO[C@@H]4[C@H](O)C(C)=CC(C(=O)O1)[C@]34O)O2. The summed E-state index contributed by atoms with van der Waals surface area (Å²) in [6, 6.07) is 0. The van der Waals surface area contributed by atoms with Gasteiger partial charge < -0.3 is 48.1 Å². The maximum Gasteiger partial charge on any atom is 0.328 e. The highest BCUT2D eigenvalue weighted by molar-refractivity contribution is 5.78. The lowest BCUT2D eigenvalue weighted by molar-refractivity contribution is -0.340. The van der Waals surface area contributed by atoms with Crippen molar-refractivity contribution in [2.75, 3.05) is 13.7 Å². The molecule has 15 nitrogen and oxygen atoms in total. The molecule has 332 valence electrons. The quantitative estimate of drug-likeness (QED) is 0.267. The van der Waals surface area contributed by atoms with Gasteiger partial charge >= 0.3 is 11.9 Å². The van der Waals surface area contributed by atoms with Gasteiger partial charge in [-0.25, -0.2) is 4.68 Å². The Bertz CT molecular complexity index is 1790. The number of carbonyl (C=O) groups is 2. The number of aromatic nitrogens is 3. The van der Waals surface area contributed by atoms with Crippen molar-refractivity contribution in [3.05, 3.63) is 59.5 Å². The molecule has 4 saturated heterocycles. The normalized spacial score (nSPS) is 44.0. The Morgan fingerprint density at radius 3 is 2.67 bits per heavy atom. The molecule has 0 radical (unpaired) electrons. The molecule has 6 aliphatic rings. The van der Waals surface area contributed by atoms with Gasteiger partial charge in [0.05, 0.1) is 37.2 Å². The van der Waals surface area contributed by atoms with Crippen LogP contribution in [-0.4, -0.2) is 123 Å². The molecular formula is C45H65N3O12. The molecule has 4 unspecified atom stereocenters. The third-order valence-corrected chi connectivity index (χ3v) is 13.7. The highest BCUT2D eigenvalue weighted by Crippen LogP contribution is 2.48. The maximum atomic E-state index is 14.3. The van der Waals surface area contributed by atoms with Crippen molar-refractivity contribution in [2.45, 2.75) is 173 Å². The third-order valence-electron chi connectivity index (χ3n) is 13.7. The standard InChI is InChI=1S/C45H65N3O12/c1-9-25(2)40-28(5)15-16-44(60-40)22-33-20-32(59-44)14-13-27(4)39(58-37-21-35(53-8)41(30(7)55-37)57-36(49)23-48-18-17-46-47-48)26(3)11-10-12-31-24-54-42-38(50)29(6)19-34(43(51)56-33)45(31,42)52/h10-13,17-19,25-26,28,30,32-35,37-42,50,52H,9,14-16,20-24H2,1-8H3/b11-10+,27-13+,31-12+/t25?,26-,28-,30-,32+,33-,34?,35-,37?,38+,39-,40+,41-,42+,44?,45+/m0/s1. The number of aliphatic hydroxyl groups excluding tert-OH is 1. The second-order valence-corrected chi connectivity index (χ2v) is 18.0. The first kappa shape index (κ1) is 44.8. The average Bonchev–Trinajstić information content (AvgIpc) is 3.86. The van der Waals surface area contributed by atoms with E-state index < -0.39 is 78.3 Å². The Morgan fingerprint density at radius 1 is 1.13 bits per heavy atom. The summed E-state index contributed by atoms with van der Waals surface area (Å²) < 4.78 is 52.6. The van der Waals surface area contributed by atoms with Crippen LogP contribution in [0.3, 0.4) is 0 Å². The van der Waals surface area contributed by atoms with E-state index in [9.17, 15) is 19.8 Å². The second kappa shape index (κ2) is 18.6. The number of hydrogen-bond donors (Lipinski definition) is 2. The number of fused-ring (bicyclic) bond motifs is 2. The summed E-state index contributed by atoms with van der Waals surface area (Å²) in [6.07, 6.45) is 10.7. The number of allylic oxidation sites excluding steroid dienone is 2. The van der Waals surface area contributed by atoms with Crippen LogP contribution in [0.5, 0.6) is 0 Å². The van der Waals surface area contributed by atoms with Gasteiger partial charge in [0.15, 0.2) is 18.2 Å². The van der Waals surface area contributed by atoms with Crippen LogP contribution < -0.4 is 0 Å². The highest BCUT2D eigenvalue weighted by atomic mass is 16.7. The summed E-state index contributed by atoms with van der Waals surface area (Å²) in [6.45, 7) is 14.2. The summed E-state index contributed by atoms with van der Waals surface area (Å²) in [7, 11) is 1.58. The van der Waals surface area contributed by atoms with E-state index in [1.54, 1.807) is 32.4 Å². The smallest absolute Gasteiger partial charge is 0.328 e. The molecule has 1 aliphatic carbocycles. The summed E-state index contributed by atoms with van der Waals surface area (Å²) in [5, 5.41) is 31.3. The van der Waals surface area contributed by atoms with Crippen molar-refractivity contribution in [2.24, 2.45) is 23.7 Å². The largest absolute Gasteiger partial charge is 0.462 e. The molecule has 60 heavy (non-hydrogen) atoms. The molecule has 0 amide bonds. The van der Waals surface area contributed by atoms with Crippen LogP contribution in [-0.2, 0) is 54.0 Å². The number of nitrogens with zero attached hydrogens (tertiary/aromatic N) is 3. The minimum atomic E-state index is -1.83. The van der Waals surface area contributed by atoms with Crippen molar-refractivity contribution >= 4 is 11.9 Å². The molecule has 1 aromatic rings. The Morgan fingerprint density at radius 2 is 1.93 bits per heavy atom. The van der Waals surface area contributed by atoms with Crippen molar-refractivity contribution in [3.63, 3.8) is 0 Å². The zero-order chi connectivity index (χ0) is 42.9. The topological polar surface area (TPSA) is 179 Å². The summed E-state index contributed by atoms with van der Waals surface area (Å²) in [5.74, 6) is -2.64. The van der Waals surface area contributed by atoms with Crippen LogP contribution in [0.15, 0.2) is 59.5 Å².